The smallest absolute Gasteiger partial charge is 0.355 e. The van der Waals surface area contributed by atoms with E-state index in [2.05, 4.69) is 15.4 Å². The van der Waals surface area contributed by atoms with E-state index in [1.54, 1.807) is 11.6 Å². The van der Waals surface area contributed by atoms with Gasteiger partial charge in [0.25, 0.3) is 0 Å². The molecule has 0 saturated heterocycles. The van der Waals surface area contributed by atoms with Crippen molar-refractivity contribution in [3.05, 3.63) is 59.4 Å². The number of benzene rings is 1. The first-order valence-corrected chi connectivity index (χ1v) is 9.55. The Morgan fingerprint density at radius 2 is 2.04 bits per heavy atom. The first kappa shape index (κ1) is 20.1. The maximum Gasteiger partial charge on any atom is 0.416 e. The van der Waals surface area contributed by atoms with Gasteiger partial charge in [0.1, 0.15) is 5.01 Å². The maximum atomic E-state index is 12.6. The highest BCUT2D eigenvalue weighted by atomic mass is 32.1. The van der Waals surface area contributed by atoms with Crippen LogP contribution < -0.4 is 5.32 Å². The van der Waals surface area contributed by atoms with Gasteiger partial charge in [-0.3, -0.25) is 9.48 Å². The molecule has 3 rings (SSSR count). The monoisotopic (exact) mass is 408 g/mol. The standard InChI is InChI=1S/C19H19F3N4OS/c1-13(11-26-8-2-7-24-26)10-23-17(27)9-16-12-28-18(25-16)14-3-5-15(6-4-14)19(20,21)22/h2-8,12-13H,9-11H2,1H3,(H,23,27). The molecule has 0 bridgehead atoms. The predicted octanol–water partition coefficient (Wildman–Crippen LogP) is 4.02. The highest BCUT2D eigenvalue weighted by Gasteiger charge is 2.30. The van der Waals surface area contributed by atoms with Gasteiger partial charge in [-0.1, -0.05) is 19.1 Å². The van der Waals surface area contributed by atoms with Gasteiger partial charge in [0.05, 0.1) is 17.7 Å². The van der Waals surface area contributed by atoms with E-state index in [9.17, 15) is 18.0 Å². The molecule has 0 spiro atoms. The molecule has 1 atom stereocenters. The molecule has 0 aliphatic carbocycles. The minimum absolute atomic E-state index is 0.131. The first-order chi connectivity index (χ1) is 13.3. The number of aromatic nitrogens is 3. The second-order valence-electron chi connectivity index (χ2n) is 6.53. The van der Waals surface area contributed by atoms with Crippen molar-refractivity contribution in [3.8, 4) is 10.6 Å². The topological polar surface area (TPSA) is 59.8 Å². The summed E-state index contributed by atoms with van der Waals surface area (Å²) in [6.45, 7) is 3.25. The summed E-state index contributed by atoms with van der Waals surface area (Å²) in [6, 6.07) is 6.70. The van der Waals surface area contributed by atoms with Crippen LogP contribution in [0.25, 0.3) is 10.6 Å². The fourth-order valence-electron chi connectivity index (χ4n) is 2.63. The molecule has 0 aliphatic rings. The third kappa shape index (κ3) is 5.41. The van der Waals surface area contributed by atoms with Gasteiger partial charge in [0, 0.05) is 36.4 Å². The highest BCUT2D eigenvalue weighted by Crippen LogP contribution is 2.31. The van der Waals surface area contributed by atoms with Crippen LogP contribution in [0.15, 0.2) is 48.1 Å². The van der Waals surface area contributed by atoms with Gasteiger partial charge in [-0.25, -0.2) is 4.98 Å². The maximum absolute atomic E-state index is 12.6. The molecule has 0 radical (unpaired) electrons. The van der Waals surface area contributed by atoms with E-state index in [-0.39, 0.29) is 18.2 Å². The number of halogens is 3. The summed E-state index contributed by atoms with van der Waals surface area (Å²) in [6.07, 6.45) is -0.650. The summed E-state index contributed by atoms with van der Waals surface area (Å²) in [5.74, 6) is 0.0820. The quantitative estimate of drug-likeness (QED) is 0.642. The SMILES string of the molecule is CC(CNC(=O)Cc1csc(-c2ccc(C(F)(F)F)cc2)n1)Cn1cccn1. The van der Waals surface area contributed by atoms with Gasteiger partial charge in [-0.05, 0) is 24.1 Å². The lowest BCUT2D eigenvalue weighted by Crippen LogP contribution is -2.31. The minimum atomic E-state index is -4.36. The van der Waals surface area contributed by atoms with E-state index in [4.69, 9.17) is 0 Å². The van der Waals surface area contributed by atoms with Crippen molar-refractivity contribution in [1.82, 2.24) is 20.1 Å². The second kappa shape index (κ2) is 8.55. The average molecular weight is 408 g/mol. The molecular formula is C19H19F3N4OS. The van der Waals surface area contributed by atoms with E-state index in [1.165, 1.54) is 23.5 Å². The fraction of sp³-hybridized carbons (Fsp3) is 0.316. The number of carbonyl (C=O) groups is 1. The van der Waals surface area contributed by atoms with Crippen molar-refractivity contribution >= 4 is 17.2 Å². The summed E-state index contributed by atoms with van der Waals surface area (Å²) in [4.78, 5) is 16.5. The van der Waals surface area contributed by atoms with E-state index >= 15 is 0 Å². The Kier molecular flexibility index (Phi) is 6.13. The largest absolute Gasteiger partial charge is 0.416 e. The van der Waals surface area contributed by atoms with Crippen LogP contribution >= 0.6 is 11.3 Å². The molecule has 3 aromatic rings. The van der Waals surface area contributed by atoms with Crippen molar-refractivity contribution in [3.63, 3.8) is 0 Å². The van der Waals surface area contributed by atoms with Crippen molar-refractivity contribution in [2.24, 2.45) is 5.92 Å². The molecule has 9 heteroatoms. The van der Waals surface area contributed by atoms with Crippen molar-refractivity contribution in [2.75, 3.05) is 6.54 Å². The van der Waals surface area contributed by atoms with Gasteiger partial charge in [-0.15, -0.1) is 11.3 Å². The molecule has 1 amide bonds. The van der Waals surface area contributed by atoms with Crippen LogP contribution in [0.5, 0.6) is 0 Å². The third-order valence-electron chi connectivity index (χ3n) is 4.06. The number of thiazole rings is 1. The molecule has 5 nitrogen and oxygen atoms in total. The number of alkyl halides is 3. The molecule has 148 valence electrons. The summed E-state index contributed by atoms with van der Waals surface area (Å²) in [7, 11) is 0. The molecule has 0 fully saturated rings. The molecule has 0 aliphatic heterocycles. The molecule has 2 heterocycles. The van der Waals surface area contributed by atoms with Crippen LogP contribution in [0.3, 0.4) is 0 Å². The van der Waals surface area contributed by atoms with Gasteiger partial charge in [0.2, 0.25) is 5.91 Å². The summed E-state index contributed by atoms with van der Waals surface area (Å²) < 4.78 is 39.7. The fourth-order valence-corrected chi connectivity index (χ4v) is 3.46. The van der Waals surface area contributed by atoms with Gasteiger partial charge < -0.3 is 5.32 Å². The Balaban J connectivity index is 1.51. The van der Waals surface area contributed by atoms with Crippen LogP contribution in [0, 0.1) is 5.92 Å². The lowest BCUT2D eigenvalue weighted by atomic mass is 10.1. The first-order valence-electron chi connectivity index (χ1n) is 8.67. The lowest BCUT2D eigenvalue weighted by Gasteiger charge is -2.12. The predicted molar refractivity (Wildman–Crippen MR) is 101 cm³/mol. The van der Waals surface area contributed by atoms with Gasteiger partial charge in [-0.2, -0.15) is 18.3 Å². The Labute approximate surface area is 164 Å². The van der Waals surface area contributed by atoms with Crippen LogP contribution in [-0.2, 0) is 23.9 Å². The van der Waals surface area contributed by atoms with E-state index in [0.717, 1.165) is 12.1 Å². The van der Waals surface area contributed by atoms with Crippen LogP contribution in [0.1, 0.15) is 18.2 Å². The summed E-state index contributed by atoms with van der Waals surface area (Å²) in [5, 5.41) is 9.35. The molecule has 1 aromatic carbocycles. The number of rotatable bonds is 7. The molecular weight excluding hydrogens is 389 g/mol. The Morgan fingerprint density at radius 3 is 2.68 bits per heavy atom. The van der Waals surface area contributed by atoms with E-state index in [1.807, 2.05) is 23.9 Å². The summed E-state index contributed by atoms with van der Waals surface area (Å²) in [5.41, 5.74) is 0.492. The molecule has 28 heavy (non-hydrogen) atoms. The van der Waals surface area contributed by atoms with Crippen molar-refractivity contribution in [2.45, 2.75) is 26.1 Å². The molecule has 1 N–H and O–H groups in total. The van der Waals surface area contributed by atoms with Gasteiger partial charge in [0.15, 0.2) is 0 Å². The zero-order valence-electron chi connectivity index (χ0n) is 15.1. The van der Waals surface area contributed by atoms with Crippen LogP contribution in [-0.4, -0.2) is 27.2 Å². The van der Waals surface area contributed by atoms with Crippen molar-refractivity contribution < 1.29 is 18.0 Å². The number of carbonyl (C=O) groups excluding carboxylic acids is 1. The highest BCUT2D eigenvalue weighted by molar-refractivity contribution is 7.13. The van der Waals surface area contributed by atoms with Crippen LogP contribution in [0.2, 0.25) is 0 Å². The Morgan fingerprint density at radius 1 is 1.29 bits per heavy atom. The number of hydrogen-bond donors (Lipinski definition) is 1. The normalized spacial score (nSPS) is 12.7. The zero-order chi connectivity index (χ0) is 20.1. The van der Waals surface area contributed by atoms with Gasteiger partial charge >= 0.3 is 6.18 Å². The van der Waals surface area contributed by atoms with E-state index in [0.29, 0.717) is 29.4 Å². The number of nitrogens with zero attached hydrogens (tertiary/aromatic N) is 3. The Hall–Kier alpha value is -2.68. The minimum Gasteiger partial charge on any atom is -0.355 e. The second-order valence-corrected chi connectivity index (χ2v) is 7.39. The molecule has 0 saturated carbocycles. The van der Waals surface area contributed by atoms with Crippen molar-refractivity contribution in [1.29, 1.82) is 0 Å². The number of hydrogen-bond acceptors (Lipinski definition) is 4. The molecule has 1 unspecified atom stereocenters. The van der Waals surface area contributed by atoms with E-state index < -0.39 is 11.7 Å². The third-order valence-corrected chi connectivity index (χ3v) is 5.00. The number of nitrogens with one attached hydrogen (secondary N) is 1. The van der Waals surface area contributed by atoms with Crippen LogP contribution in [0.4, 0.5) is 13.2 Å². The number of amides is 1. The average Bonchev–Trinajstić information content (AvgIpc) is 3.31. The Bertz CT molecular complexity index is 904. The summed E-state index contributed by atoms with van der Waals surface area (Å²) >= 11 is 1.30. The zero-order valence-corrected chi connectivity index (χ0v) is 15.9. The lowest BCUT2D eigenvalue weighted by molar-refractivity contribution is -0.137. The molecule has 2 aromatic heterocycles.